The molecule has 8 nitrogen and oxygen atoms in total. The van der Waals surface area contributed by atoms with E-state index in [0.717, 1.165) is 10.9 Å². The number of aliphatic imine (C=N–C) groups is 1. The summed E-state index contributed by atoms with van der Waals surface area (Å²) in [6.45, 7) is 4.49. The van der Waals surface area contributed by atoms with Gasteiger partial charge in [-0.05, 0) is 26.0 Å². The number of nitro benzene ring substituents is 1. The first-order chi connectivity index (χ1) is 13.0. The second kappa shape index (κ2) is 8.12. The van der Waals surface area contributed by atoms with Crippen LogP contribution in [0.1, 0.15) is 27.8 Å². The maximum atomic E-state index is 10.9. The zero-order valence-electron chi connectivity index (χ0n) is 15.6. The van der Waals surface area contributed by atoms with E-state index in [9.17, 15) is 10.1 Å². The zero-order chi connectivity index (χ0) is 19.4. The lowest BCUT2D eigenvalue weighted by molar-refractivity contribution is -0.384. The van der Waals surface area contributed by atoms with Crippen LogP contribution in [0, 0.1) is 10.1 Å². The minimum Gasteiger partial charge on any atom is -0.437 e. The van der Waals surface area contributed by atoms with E-state index in [0.29, 0.717) is 13.0 Å². The summed E-state index contributed by atoms with van der Waals surface area (Å²) < 4.78 is 27.1. The Hall–Kier alpha value is -2.02. The molecule has 3 rings (SSSR count). The van der Waals surface area contributed by atoms with Crippen molar-refractivity contribution in [3.8, 4) is 0 Å². The number of fused-ring (bicyclic) bond motifs is 1. The molecule has 140 valence electrons. The molecule has 0 radical (unpaired) electrons. The van der Waals surface area contributed by atoms with Gasteiger partial charge in [-0.3, -0.25) is 15.1 Å². The minimum absolute atomic E-state index is 0.0559. The summed E-state index contributed by atoms with van der Waals surface area (Å²) >= 11 is 0. The molecule has 0 spiro atoms. The van der Waals surface area contributed by atoms with Crippen LogP contribution in [0.3, 0.4) is 0 Å². The lowest BCUT2D eigenvalue weighted by atomic mass is 10.2. The summed E-state index contributed by atoms with van der Waals surface area (Å²) in [4.78, 5) is 14.5. The molecule has 1 aromatic heterocycles. The second-order valence-electron chi connectivity index (χ2n) is 5.88. The van der Waals surface area contributed by atoms with Gasteiger partial charge < -0.3 is 18.4 Å². The van der Waals surface area contributed by atoms with Crippen LogP contribution in [0.4, 0.5) is 5.69 Å². The third-order valence-electron chi connectivity index (χ3n) is 4.14. The van der Waals surface area contributed by atoms with Crippen molar-refractivity contribution in [2.75, 3.05) is 13.2 Å². The predicted molar refractivity (Wildman–Crippen MR) is 101 cm³/mol. The van der Waals surface area contributed by atoms with E-state index in [4.69, 9.17) is 15.2 Å². The number of aromatic nitrogens is 1. The highest BCUT2D eigenvalue weighted by Crippen LogP contribution is 2.42. The normalized spacial score (nSPS) is 24.8. The van der Waals surface area contributed by atoms with Crippen LogP contribution in [0.15, 0.2) is 35.5 Å². The minimum atomic E-state index is -1.16. The van der Waals surface area contributed by atoms with Crippen molar-refractivity contribution >= 4 is 31.4 Å². The lowest BCUT2D eigenvalue weighted by Crippen LogP contribution is -2.19. The Bertz CT molecular complexity index is 830. The van der Waals surface area contributed by atoms with E-state index in [1.165, 1.54) is 12.5 Å². The number of non-ortho nitro benzene ring substituents is 1. The fourth-order valence-electron chi connectivity index (χ4n) is 2.89. The average molecular weight is 380 g/mol. The monoisotopic (exact) mass is 380 g/mol. The third-order valence-corrected chi connectivity index (χ3v) is 5.10. The summed E-state index contributed by atoms with van der Waals surface area (Å²) in [5.41, 5.74) is 0.903. The third kappa shape index (κ3) is 4.03. The van der Waals surface area contributed by atoms with Crippen LogP contribution in [-0.4, -0.2) is 41.3 Å². The molecule has 0 amide bonds. The molecule has 0 saturated carbocycles. The molecular formula is C17H22N3O5P. The molecule has 1 saturated heterocycles. The maximum absolute atomic E-state index is 10.9. The van der Waals surface area contributed by atoms with E-state index >= 15 is 0 Å². The van der Waals surface area contributed by atoms with Gasteiger partial charge in [0.25, 0.3) is 5.69 Å². The molecule has 1 aromatic carbocycles. The predicted octanol–water partition coefficient (Wildman–Crippen LogP) is 4.25. The largest absolute Gasteiger partial charge is 0.437 e. The molecular weight excluding hydrogens is 357 g/mol. The Kier molecular flexibility index (Phi) is 5.43. The van der Waals surface area contributed by atoms with Crippen LogP contribution in [-0.2, 0) is 13.8 Å². The molecule has 0 aliphatic carbocycles. The van der Waals surface area contributed by atoms with Gasteiger partial charge >= 0.3 is 0 Å². The van der Waals surface area contributed by atoms with Gasteiger partial charge in [-0.25, -0.2) is 0 Å². The molecule has 0 bridgehead atoms. The van der Waals surface area contributed by atoms with Gasteiger partial charge in [-0.2, -0.15) is 0 Å². The van der Waals surface area contributed by atoms with Crippen LogP contribution in [0.25, 0.3) is 10.9 Å². The maximum Gasteiger partial charge on any atom is 0.270 e. The topological polar surface area (TPSA) is 88.1 Å². The molecule has 1 fully saturated rings. The van der Waals surface area contributed by atoms with Crippen molar-refractivity contribution in [3.63, 3.8) is 0 Å². The Labute approximate surface area is 154 Å². The SMILES string of the molecule is [2H]CC1OC(n2ccc3cc([N+](=O)[O-])ccc32)CC1OP(C)OC=NCC. The van der Waals surface area contributed by atoms with E-state index < -0.39 is 13.3 Å². The molecule has 9 heteroatoms. The summed E-state index contributed by atoms with van der Waals surface area (Å²) in [6, 6.07) is 6.57. The number of rotatable bonds is 7. The first kappa shape index (κ1) is 17.4. The smallest absolute Gasteiger partial charge is 0.270 e. The van der Waals surface area contributed by atoms with Crippen molar-refractivity contribution in [1.29, 1.82) is 0 Å². The number of nitrogens with zero attached hydrogens (tertiary/aromatic N) is 3. The molecule has 1 aliphatic heterocycles. The number of ether oxygens (including phenoxy) is 1. The van der Waals surface area contributed by atoms with Crippen molar-refractivity contribution in [1.82, 2.24) is 4.57 Å². The van der Waals surface area contributed by atoms with Crippen LogP contribution in [0.2, 0.25) is 0 Å². The molecule has 1 aliphatic rings. The van der Waals surface area contributed by atoms with Crippen LogP contribution < -0.4 is 0 Å². The van der Waals surface area contributed by atoms with E-state index in [1.807, 2.05) is 30.4 Å². The number of hydrogen-bond donors (Lipinski definition) is 0. The van der Waals surface area contributed by atoms with Gasteiger partial charge in [-0.1, -0.05) is 0 Å². The Balaban J connectivity index is 1.73. The van der Waals surface area contributed by atoms with Crippen molar-refractivity contribution in [2.45, 2.75) is 38.7 Å². The van der Waals surface area contributed by atoms with Crippen molar-refractivity contribution < 1.29 is 20.1 Å². The van der Waals surface area contributed by atoms with Gasteiger partial charge in [-0.15, -0.1) is 0 Å². The average Bonchev–Trinajstić information content (AvgIpc) is 3.24. The number of benzene rings is 1. The highest BCUT2D eigenvalue weighted by Gasteiger charge is 2.36. The molecule has 0 N–H and O–H groups in total. The summed E-state index contributed by atoms with van der Waals surface area (Å²) in [7, 11) is -1.16. The van der Waals surface area contributed by atoms with Crippen molar-refractivity contribution in [3.05, 3.63) is 40.6 Å². The Morgan fingerprint density at radius 2 is 2.42 bits per heavy atom. The molecule has 26 heavy (non-hydrogen) atoms. The van der Waals surface area contributed by atoms with Gasteiger partial charge in [0.15, 0.2) is 6.40 Å². The Morgan fingerprint density at radius 3 is 3.15 bits per heavy atom. The molecule has 2 aromatic rings. The highest BCUT2D eigenvalue weighted by molar-refractivity contribution is 7.46. The van der Waals surface area contributed by atoms with Crippen molar-refractivity contribution in [2.24, 2.45) is 4.99 Å². The lowest BCUT2D eigenvalue weighted by Gasteiger charge is -2.18. The van der Waals surface area contributed by atoms with Gasteiger partial charge in [0.1, 0.15) is 6.23 Å². The number of hydrogen-bond acceptors (Lipinski definition) is 6. The standard InChI is InChI=1S/C17H22N3O5P/c1-4-18-11-23-26(3)25-16-10-17(24-12(16)2)19-8-7-13-9-14(20(21)22)5-6-15(13)19/h5-9,11-12,16-17H,4,10H2,1-3H3/i2D. The zero-order valence-corrected chi connectivity index (χ0v) is 15.5. The quantitative estimate of drug-likeness (QED) is 0.236. The van der Waals surface area contributed by atoms with Gasteiger partial charge in [0, 0.05) is 44.7 Å². The van der Waals surface area contributed by atoms with Crippen LogP contribution >= 0.6 is 8.38 Å². The van der Waals surface area contributed by atoms with E-state index in [1.54, 1.807) is 12.1 Å². The van der Waals surface area contributed by atoms with E-state index in [-0.39, 0.29) is 31.0 Å². The van der Waals surface area contributed by atoms with E-state index in [2.05, 4.69) is 4.99 Å². The highest BCUT2D eigenvalue weighted by atomic mass is 31.2. The van der Waals surface area contributed by atoms with Gasteiger partial charge in [0.05, 0.1) is 22.6 Å². The molecule has 2 heterocycles. The number of nitro groups is 1. The second-order valence-corrected chi connectivity index (χ2v) is 7.18. The van der Waals surface area contributed by atoms with Crippen LogP contribution in [0.5, 0.6) is 0 Å². The fourth-order valence-corrected chi connectivity index (χ4v) is 3.74. The Morgan fingerprint density at radius 1 is 1.58 bits per heavy atom. The fraction of sp³-hybridized carbons (Fsp3) is 0.471. The summed E-state index contributed by atoms with van der Waals surface area (Å²) in [5.74, 6) is 0. The van der Waals surface area contributed by atoms with Gasteiger partial charge in [0.2, 0.25) is 8.38 Å². The summed E-state index contributed by atoms with van der Waals surface area (Å²) in [6.07, 6.45) is 2.92. The molecule has 4 atom stereocenters. The summed E-state index contributed by atoms with van der Waals surface area (Å²) in [5, 5.41) is 11.7. The first-order valence-electron chi connectivity index (χ1n) is 8.99. The first-order valence-corrected chi connectivity index (χ1v) is 9.91. The molecule has 4 unspecified atom stereocenters.